The van der Waals surface area contributed by atoms with Gasteiger partial charge in [-0.15, -0.1) is 0 Å². The molecule has 1 N–H and O–H groups in total. The minimum atomic E-state index is -2.87. The molecule has 0 aliphatic carbocycles. The van der Waals surface area contributed by atoms with Gasteiger partial charge in [0.05, 0.1) is 5.75 Å². The number of nitrogens with one attached hydrogen (secondary N) is 1. The highest BCUT2D eigenvalue weighted by Crippen LogP contribution is 2.20. The molecule has 2 aliphatic rings. The van der Waals surface area contributed by atoms with Crippen LogP contribution in [-0.4, -0.2) is 44.7 Å². The van der Waals surface area contributed by atoms with Gasteiger partial charge in [-0.1, -0.05) is 0 Å². The summed E-state index contributed by atoms with van der Waals surface area (Å²) in [5.74, 6) is 1.08. The van der Waals surface area contributed by atoms with Crippen molar-refractivity contribution < 1.29 is 8.42 Å². The van der Waals surface area contributed by atoms with Crippen molar-refractivity contribution in [3.05, 3.63) is 0 Å². The summed E-state index contributed by atoms with van der Waals surface area (Å²) in [4.78, 5) is 0. The van der Waals surface area contributed by atoms with E-state index in [2.05, 4.69) is 5.32 Å². The molecular weight excluding hydrogens is 212 g/mol. The molecule has 2 heterocycles. The van der Waals surface area contributed by atoms with Gasteiger partial charge in [-0.25, -0.2) is 12.7 Å². The van der Waals surface area contributed by atoms with Crippen LogP contribution in [0.25, 0.3) is 0 Å². The molecule has 2 fully saturated rings. The Kier molecular flexibility index (Phi) is 3.64. The van der Waals surface area contributed by atoms with Crippen LogP contribution < -0.4 is 5.32 Å². The second kappa shape index (κ2) is 4.80. The lowest BCUT2D eigenvalue weighted by Crippen LogP contribution is -2.32. The molecule has 0 atom stereocenters. The molecule has 2 rings (SSSR count). The lowest BCUT2D eigenvalue weighted by Gasteiger charge is -2.24. The van der Waals surface area contributed by atoms with E-state index in [9.17, 15) is 8.42 Å². The highest BCUT2D eigenvalue weighted by atomic mass is 32.2. The van der Waals surface area contributed by atoms with Crippen molar-refractivity contribution in [2.24, 2.45) is 5.92 Å². The van der Waals surface area contributed by atoms with E-state index in [-0.39, 0.29) is 0 Å². The number of piperidine rings is 1. The van der Waals surface area contributed by atoms with Crippen molar-refractivity contribution in [1.82, 2.24) is 9.62 Å². The molecule has 15 heavy (non-hydrogen) atoms. The zero-order valence-corrected chi connectivity index (χ0v) is 9.93. The minimum Gasteiger partial charge on any atom is -0.317 e. The Morgan fingerprint density at radius 1 is 1.27 bits per heavy atom. The van der Waals surface area contributed by atoms with Crippen molar-refractivity contribution in [1.29, 1.82) is 0 Å². The van der Waals surface area contributed by atoms with Gasteiger partial charge in [0, 0.05) is 13.1 Å². The van der Waals surface area contributed by atoms with Crippen LogP contribution in [0.4, 0.5) is 0 Å². The predicted molar refractivity (Wildman–Crippen MR) is 60.2 cm³/mol. The van der Waals surface area contributed by atoms with Crippen molar-refractivity contribution >= 4 is 10.0 Å². The highest BCUT2D eigenvalue weighted by molar-refractivity contribution is 7.89. The lowest BCUT2D eigenvalue weighted by atomic mass is 9.95. The molecule has 0 spiro atoms. The fourth-order valence-electron chi connectivity index (χ4n) is 2.44. The average molecular weight is 232 g/mol. The quantitative estimate of drug-likeness (QED) is 0.767. The first kappa shape index (κ1) is 11.4. The van der Waals surface area contributed by atoms with Gasteiger partial charge in [0.25, 0.3) is 0 Å². The number of rotatable bonds is 3. The smallest absolute Gasteiger partial charge is 0.214 e. The molecule has 4 nitrogen and oxygen atoms in total. The van der Waals surface area contributed by atoms with Crippen LogP contribution in [0, 0.1) is 5.92 Å². The van der Waals surface area contributed by atoms with Crippen LogP contribution in [0.2, 0.25) is 0 Å². The maximum atomic E-state index is 11.5. The van der Waals surface area contributed by atoms with Crippen molar-refractivity contribution in [2.75, 3.05) is 31.9 Å². The molecule has 88 valence electrons. The fourth-order valence-corrected chi connectivity index (χ4v) is 3.98. The molecule has 0 aromatic heterocycles. The number of nitrogens with zero attached hydrogens (tertiary/aromatic N) is 1. The summed E-state index contributed by atoms with van der Waals surface area (Å²) in [6, 6.07) is 0. The zero-order chi connectivity index (χ0) is 10.7. The molecule has 5 heteroatoms. The molecule has 2 aliphatic heterocycles. The Labute approximate surface area is 92.1 Å². The SMILES string of the molecule is O=S1(=O)CCCN1CCC1CCNCC1. The van der Waals surface area contributed by atoms with Crippen LogP contribution in [0.15, 0.2) is 0 Å². The van der Waals surface area contributed by atoms with E-state index in [1.54, 1.807) is 4.31 Å². The average Bonchev–Trinajstić information content (AvgIpc) is 2.56. The van der Waals surface area contributed by atoms with E-state index < -0.39 is 10.0 Å². The van der Waals surface area contributed by atoms with Gasteiger partial charge < -0.3 is 5.32 Å². The first-order valence-electron chi connectivity index (χ1n) is 5.87. The third kappa shape index (κ3) is 2.92. The molecule has 0 unspecified atom stereocenters. The van der Waals surface area contributed by atoms with Crippen molar-refractivity contribution in [3.63, 3.8) is 0 Å². The largest absolute Gasteiger partial charge is 0.317 e. The molecule has 0 radical (unpaired) electrons. The Hall–Kier alpha value is -0.130. The third-order valence-corrected chi connectivity index (χ3v) is 5.41. The maximum absolute atomic E-state index is 11.5. The summed E-state index contributed by atoms with van der Waals surface area (Å²) in [6.07, 6.45) is 4.26. The van der Waals surface area contributed by atoms with E-state index in [1.165, 1.54) is 12.8 Å². The van der Waals surface area contributed by atoms with Crippen LogP contribution in [0.1, 0.15) is 25.7 Å². The molecule has 0 bridgehead atoms. The summed E-state index contributed by atoms with van der Waals surface area (Å²) in [5.41, 5.74) is 0. The van der Waals surface area contributed by atoms with E-state index in [0.717, 1.165) is 44.9 Å². The molecule has 0 aromatic rings. The second-order valence-corrected chi connectivity index (χ2v) is 6.64. The van der Waals surface area contributed by atoms with Gasteiger partial charge in [0.15, 0.2) is 0 Å². The van der Waals surface area contributed by atoms with Gasteiger partial charge in [-0.05, 0) is 44.7 Å². The summed E-state index contributed by atoms with van der Waals surface area (Å²) in [7, 11) is -2.87. The maximum Gasteiger partial charge on any atom is 0.214 e. The van der Waals surface area contributed by atoms with E-state index >= 15 is 0 Å². The summed E-state index contributed by atoms with van der Waals surface area (Å²) in [6.45, 7) is 3.68. The summed E-state index contributed by atoms with van der Waals surface area (Å²) in [5, 5.41) is 3.33. The monoisotopic (exact) mass is 232 g/mol. The second-order valence-electron chi connectivity index (χ2n) is 4.55. The van der Waals surface area contributed by atoms with Crippen molar-refractivity contribution in [2.45, 2.75) is 25.7 Å². The first-order valence-corrected chi connectivity index (χ1v) is 7.48. The van der Waals surface area contributed by atoms with Gasteiger partial charge >= 0.3 is 0 Å². The first-order chi connectivity index (χ1) is 7.18. The predicted octanol–water partition coefficient (Wildman–Crippen LogP) is 0.412. The standard InChI is InChI=1S/C10H20N2O2S/c13-15(14)9-1-7-12(15)8-4-10-2-5-11-6-3-10/h10-11H,1-9H2. The van der Waals surface area contributed by atoms with Crippen LogP contribution >= 0.6 is 0 Å². The lowest BCUT2D eigenvalue weighted by molar-refractivity contribution is 0.318. The Balaban J connectivity index is 1.77. The van der Waals surface area contributed by atoms with Gasteiger partial charge in [0.2, 0.25) is 10.0 Å². The Morgan fingerprint density at radius 2 is 2.00 bits per heavy atom. The number of hydrogen-bond acceptors (Lipinski definition) is 3. The topological polar surface area (TPSA) is 49.4 Å². The van der Waals surface area contributed by atoms with Crippen LogP contribution in [-0.2, 0) is 10.0 Å². The van der Waals surface area contributed by atoms with Gasteiger partial charge in [0.1, 0.15) is 0 Å². The summed E-state index contributed by atoms with van der Waals surface area (Å²) < 4.78 is 24.8. The normalized spacial score (nSPS) is 28.3. The van der Waals surface area contributed by atoms with Crippen LogP contribution in [0.5, 0.6) is 0 Å². The number of hydrogen-bond donors (Lipinski definition) is 1. The molecular formula is C10H20N2O2S. The minimum absolute atomic E-state index is 0.360. The van der Waals surface area contributed by atoms with Crippen LogP contribution in [0.3, 0.4) is 0 Å². The Bertz CT molecular complexity index is 297. The van der Waals surface area contributed by atoms with E-state index in [0.29, 0.717) is 5.75 Å². The summed E-state index contributed by atoms with van der Waals surface area (Å²) >= 11 is 0. The molecule has 0 aromatic carbocycles. The van der Waals surface area contributed by atoms with E-state index in [1.807, 2.05) is 0 Å². The Morgan fingerprint density at radius 3 is 2.60 bits per heavy atom. The van der Waals surface area contributed by atoms with Gasteiger partial charge in [-0.2, -0.15) is 0 Å². The van der Waals surface area contributed by atoms with Gasteiger partial charge in [-0.3, -0.25) is 0 Å². The van der Waals surface area contributed by atoms with E-state index in [4.69, 9.17) is 0 Å². The van der Waals surface area contributed by atoms with Crippen molar-refractivity contribution in [3.8, 4) is 0 Å². The fraction of sp³-hybridized carbons (Fsp3) is 1.00. The zero-order valence-electron chi connectivity index (χ0n) is 9.11. The third-order valence-electron chi connectivity index (χ3n) is 3.45. The number of sulfonamides is 1. The molecule has 0 saturated carbocycles. The molecule has 2 saturated heterocycles. The highest BCUT2D eigenvalue weighted by Gasteiger charge is 2.28. The molecule has 0 amide bonds.